The van der Waals surface area contributed by atoms with E-state index in [2.05, 4.69) is 5.32 Å². The number of nitrogens with one attached hydrogen (secondary N) is 1. The Morgan fingerprint density at radius 2 is 1.68 bits per heavy atom. The second-order valence-corrected chi connectivity index (χ2v) is 7.31. The topological polar surface area (TPSA) is 66.5 Å². The van der Waals surface area contributed by atoms with Crippen molar-refractivity contribution in [2.75, 3.05) is 10.2 Å². The molecule has 0 saturated carbocycles. The molecule has 1 saturated heterocycles. The smallest absolute Gasteiger partial charge is 0.298 e. The largest absolute Gasteiger partial charge is 0.326 e. The minimum atomic E-state index is -0.352. The molecule has 5 nitrogen and oxygen atoms in total. The van der Waals surface area contributed by atoms with Gasteiger partial charge in [0.05, 0.1) is 10.6 Å². The molecule has 1 heterocycles. The predicted molar refractivity (Wildman–Crippen MR) is 113 cm³/mol. The third-order valence-corrected chi connectivity index (χ3v) is 5.22. The molecule has 138 valence electrons. The molecule has 1 aliphatic rings. The van der Waals surface area contributed by atoms with Crippen LogP contribution in [0, 0.1) is 0 Å². The van der Waals surface area contributed by atoms with Gasteiger partial charge in [-0.1, -0.05) is 42.5 Å². The molecule has 1 N–H and O–H groups in total. The zero-order valence-electron chi connectivity index (χ0n) is 15.0. The van der Waals surface area contributed by atoms with Crippen LogP contribution in [0.1, 0.15) is 12.5 Å². The van der Waals surface area contributed by atoms with Crippen LogP contribution >= 0.6 is 11.8 Å². The van der Waals surface area contributed by atoms with Gasteiger partial charge in [-0.2, -0.15) is 0 Å². The Morgan fingerprint density at radius 1 is 0.964 bits per heavy atom. The number of fused-ring (bicyclic) bond motifs is 1. The Hall–Kier alpha value is -3.38. The maximum Gasteiger partial charge on any atom is 0.298 e. The summed E-state index contributed by atoms with van der Waals surface area (Å²) >= 11 is 0.924. The van der Waals surface area contributed by atoms with Gasteiger partial charge in [0.15, 0.2) is 0 Å². The molecule has 1 aliphatic heterocycles. The standard InChI is InChI=1S/C22H16N2O3S/c1-14(25)23-17-9-11-18(12-10-17)24-21(26)20(28-22(24)27)13-16-7-4-6-15-5-2-3-8-19(15)16/h2-13H,1H3,(H,23,25)/b20-13-. The molecule has 1 fully saturated rings. The zero-order valence-corrected chi connectivity index (χ0v) is 15.8. The second-order valence-electron chi connectivity index (χ2n) is 6.31. The zero-order chi connectivity index (χ0) is 19.7. The van der Waals surface area contributed by atoms with Crippen LogP contribution in [0.25, 0.3) is 16.8 Å². The van der Waals surface area contributed by atoms with Crippen molar-refractivity contribution in [3.63, 3.8) is 0 Å². The van der Waals surface area contributed by atoms with Crippen molar-refractivity contribution < 1.29 is 14.4 Å². The Labute approximate surface area is 166 Å². The van der Waals surface area contributed by atoms with Crippen LogP contribution in [0.5, 0.6) is 0 Å². The highest BCUT2D eigenvalue weighted by Gasteiger charge is 2.36. The van der Waals surface area contributed by atoms with E-state index in [1.54, 1.807) is 30.3 Å². The summed E-state index contributed by atoms with van der Waals surface area (Å²) in [5.41, 5.74) is 1.97. The minimum absolute atomic E-state index is 0.183. The van der Waals surface area contributed by atoms with Gasteiger partial charge in [0, 0.05) is 12.6 Å². The van der Waals surface area contributed by atoms with Crippen LogP contribution < -0.4 is 10.2 Å². The van der Waals surface area contributed by atoms with Crippen molar-refractivity contribution >= 4 is 57.0 Å². The number of hydrogen-bond acceptors (Lipinski definition) is 4. The quantitative estimate of drug-likeness (QED) is 0.639. The summed E-state index contributed by atoms with van der Waals surface area (Å²) in [7, 11) is 0. The number of hydrogen-bond donors (Lipinski definition) is 1. The van der Waals surface area contributed by atoms with Gasteiger partial charge in [-0.25, -0.2) is 4.90 Å². The van der Waals surface area contributed by atoms with E-state index >= 15 is 0 Å². The lowest BCUT2D eigenvalue weighted by molar-refractivity contribution is -0.114. The van der Waals surface area contributed by atoms with Crippen LogP contribution in [0.3, 0.4) is 0 Å². The van der Waals surface area contributed by atoms with E-state index in [0.29, 0.717) is 16.3 Å². The van der Waals surface area contributed by atoms with E-state index in [-0.39, 0.29) is 17.1 Å². The number of anilines is 2. The van der Waals surface area contributed by atoms with Crippen molar-refractivity contribution in [1.82, 2.24) is 0 Å². The van der Waals surface area contributed by atoms with Crippen molar-refractivity contribution in [2.45, 2.75) is 6.92 Å². The summed E-state index contributed by atoms with van der Waals surface area (Å²) in [5, 5.41) is 4.41. The van der Waals surface area contributed by atoms with E-state index in [1.165, 1.54) is 6.92 Å². The molecule has 0 aliphatic carbocycles. The summed E-state index contributed by atoms with van der Waals surface area (Å²) in [4.78, 5) is 38.0. The van der Waals surface area contributed by atoms with Crippen LogP contribution in [-0.2, 0) is 9.59 Å². The SMILES string of the molecule is CC(=O)Nc1ccc(N2C(=O)S/C(=C\c3cccc4ccccc34)C2=O)cc1. The summed E-state index contributed by atoms with van der Waals surface area (Å²) in [6, 6.07) is 20.4. The summed E-state index contributed by atoms with van der Waals surface area (Å²) in [6.45, 7) is 1.42. The fraction of sp³-hybridized carbons (Fsp3) is 0.0455. The van der Waals surface area contributed by atoms with Gasteiger partial charge in [0.1, 0.15) is 0 Å². The van der Waals surface area contributed by atoms with Crippen molar-refractivity contribution in [1.29, 1.82) is 0 Å². The third-order valence-electron chi connectivity index (χ3n) is 4.35. The fourth-order valence-corrected chi connectivity index (χ4v) is 3.94. The number of amides is 3. The highest BCUT2D eigenvalue weighted by molar-refractivity contribution is 8.19. The Balaban J connectivity index is 1.65. The van der Waals surface area contributed by atoms with E-state index in [1.807, 2.05) is 42.5 Å². The van der Waals surface area contributed by atoms with Crippen LogP contribution in [0.2, 0.25) is 0 Å². The Kier molecular flexibility index (Phi) is 4.71. The van der Waals surface area contributed by atoms with E-state index < -0.39 is 0 Å². The first-order chi connectivity index (χ1) is 13.5. The summed E-state index contributed by atoms with van der Waals surface area (Å²) in [6.07, 6.45) is 1.76. The van der Waals surface area contributed by atoms with Gasteiger partial charge in [-0.15, -0.1) is 0 Å². The number of carbonyl (C=O) groups is 3. The molecule has 0 unspecified atom stereocenters. The van der Waals surface area contributed by atoms with E-state index in [9.17, 15) is 14.4 Å². The predicted octanol–water partition coefficient (Wildman–Crippen LogP) is 5.04. The van der Waals surface area contributed by atoms with Gasteiger partial charge in [0.25, 0.3) is 11.1 Å². The lowest BCUT2D eigenvalue weighted by Crippen LogP contribution is -2.27. The van der Waals surface area contributed by atoms with Crippen molar-refractivity contribution in [2.24, 2.45) is 0 Å². The first-order valence-corrected chi connectivity index (χ1v) is 9.48. The molecular weight excluding hydrogens is 372 g/mol. The molecule has 3 amide bonds. The van der Waals surface area contributed by atoms with Gasteiger partial charge >= 0.3 is 0 Å². The molecule has 6 heteroatoms. The highest BCUT2D eigenvalue weighted by Crippen LogP contribution is 2.36. The molecule has 0 bridgehead atoms. The van der Waals surface area contributed by atoms with Gasteiger partial charge in [-0.3, -0.25) is 14.4 Å². The number of imide groups is 1. The molecule has 0 atom stereocenters. The molecular formula is C22H16N2O3S. The molecule has 0 aromatic heterocycles. The number of nitrogens with zero attached hydrogens (tertiary/aromatic N) is 1. The molecule has 3 aromatic rings. The molecule has 0 radical (unpaired) electrons. The average Bonchev–Trinajstić information content (AvgIpc) is 2.96. The maximum absolute atomic E-state index is 12.9. The fourth-order valence-electron chi connectivity index (χ4n) is 3.10. The third kappa shape index (κ3) is 3.42. The van der Waals surface area contributed by atoms with Gasteiger partial charge in [-0.05, 0) is 58.4 Å². The number of thioether (sulfide) groups is 1. The normalized spacial score (nSPS) is 15.5. The number of benzene rings is 3. The van der Waals surface area contributed by atoms with Gasteiger partial charge in [0.2, 0.25) is 5.91 Å². The van der Waals surface area contributed by atoms with Crippen molar-refractivity contribution in [3.05, 3.63) is 77.2 Å². The van der Waals surface area contributed by atoms with E-state index in [0.717, 1.165) is 33.0 Å². The molecule has 4 rings (SSSR count). The van der Waals surface area contributed by atoms with Crippen LogP contribution in [0.4, 0.5) is 16.2 Å². The summed E-state index contributed by atoms with van der Waals surface area (Å²) < 4.78 is 0. The molecule has 0 spiro atoms. The first kappa shape index (κ1) is 18.0. The first-order valence-electron chi connectivity index (χ1n) is 8.66. The summed E-state index contributed by atoms with van der Waals surface area (Å²) in [5.74, 6) is -0.535. The molecule has 3 aromatic carbocycles. The minimum Gasteiger partial charge on any atom is -0.326 e. The van der Waals surface area contributed by atoms with Gasteiger partial charge < -0.3 is 5.32 Å². The Morgan fingerprint density at radius 3 is 2.43 bits per heavy atom. The van der Waals surface area contributed by atoms with Crippen molar-refractivity contribution in [3.8, 4) is 0 Å². The lowest BCUT2D eigenvalue weighted by atomic mass is 10.0. The lowest BCUT2D eigenvalue weighted by Gasteiger charge is -2.13. The highest BCUT2D eigenvalue weighted by atomic mass is 32.2. The monoisotopic (exact) mass is 388 g/mol. The van der Waals surface area contributed by atoms with Crippen LogP contribution in [-0.4, -0.2) is 17.1 Å². The average molecular weight is 388 g/mol. The van der Waals surface area contributed by atoms with E-state index in [4.69, 9.17) is 0 Å². The second kappa shape index (κ2) is 7.32. The number of carbonyl (C=O) groups excluding carboxylic acids is 3. The molecule has 28 heavy (non-hydrogen) atoms. The maximum atomic E-state index is 12.9. The number of rotatable bonds is 3. The Bertz CT molecular complexity index is 1130. The van der Waals surface area contributed by atoms with Crippen LogP contribution in [0.15, 0.2) is 71.6 Å².